The first-order chi connectivity index (χ1) is 6.49. The third kappa shape index (κ3) is 1.31. The molecule has 3 heteroatoms. The minimum absolute atomic E-state index is 0.293. The maximum Gasteiger partial charge on any atom is 0.269 e. The van der Waals surface area contributed by atoms with Crippen molar-refractivity contribution in [3.05, 3.63) is 30.0 Å². The summed E-state index contributed by atoms with van der Waals surface area (Å²) in [5.74, 6) is -0.628. The molecule has 1 aromatic heterocycles. The van der Waals surface area contributed by atoms with E-state index in [0.717, 1.165) is 0 Å². The Morgan fingerprint density at radius 3 is 3.30 bits per heavy atom. The molecule has 0 aliphatic rings. The number of nitrogens with one attached hydrogen (secondary N) is 1. The van der Waals surface area contributed by atoms with Crippen molar-refractivity contribution in [2.45, 2.75) is 0 Å². The molecule has 1 amide bonds. The Morgan fingerprint density at radius 2 is 2.60 bits per heavy atom. The van der Waals surface area contributed by atoms with E-state index in [-0.39, 0.29) is 5.69 Å². The molecule has 0 aliphatic carbocycles. The van der Waals surface area contributed by atoms with Gasteiger partial charge in [-0.1, -0.05) is 6.04 Å². The summed E-state index contributed by atoms with van der Waals surface area (Å²) in [5, 5.41) is 2.25. The summed E-state index contributed by atoms with van der Waals surface area (Å²) in [7, 11) is 1.37. The molecule has 0 aromatic carbocycles. The van der Waals surface area contributed by atoms with Gasteiger partial charge in [0.25, 0.3) is 5.91 Å². The van der Waals surface area contributed by atoms with Gasteiger partial charge in [-0.05, 0) is 12.1 Å². The number of carbonyl (C=O) groups excluding carboxylic acids is 1. The summed E-state index contributed by atoms with van der Waals surface area (Å²) < 4.78 is 29.0. The highest BCUT2D eigenvalue weighted by molar-refractivity contribution is 5.91. The highest BCUT2D eigenvalue weighted by atomic mass is 16.1. The van der Waals surface area contributed by atoms with Crippen LogP contribution in [0.5, 0.6) is 0 Å². The van der Waals surface area contributed by atoms with Crippen molar-refractivity contribution in [2.75, 3.05) is 7.05 Å². The van der Waals surface area contributed by atoms with Gasteiger partial charge in [0, 0.05) is 13.2 Å². The number of carbonyl (C=O) groups is 1. The Labute approximate surface area is 64.7 Å². The van der Waals surface area contributed by atoms with Crippen molar-refractivity contribution in [1.82, 2.24) is 10.3 Å². The predicted octanol–water partition coefficient (Wildman–Crippen LogP) is 0.441. The Bertz CT molecular complexity index is 394. The lowest BCUT2D eigenvalue weighted by Crippen LogP contribution is -2.18. The zero-order valence-corrected chi connectivity index (χ0v) is 5.36. The van der Waals surface area contributed by atoms with Gasteiger partial charge in [-0.3, -0.25) is 9.78 Å². The van der Waals surface area contributed by atoms with Gasteiger partial charge in [0.05, 0.1) is 5.48 Å². The molecule has 0 saturated carbocycles. The first kappa shape index (κ1) is 3.14. The third-order valence-electron chi connectivity index (χ3n) is 0.909. The second-order valence-corrected chi connectivity index (χ2v) is 1.53. The molecule has 1 rings (SSSR count). The molecule has 52 valence electrons. The van der Waals surface area contributed by atoms with Gasteiger partial charge in [0.15, 0.2) is 0 Å². The molecule has 10 heavy (non-hydrogen) atoms. The number of hydrogen-bond donors (Lipinski definition) is 1. The monoisotopic (exact) mass is 140 g/mol. The number of nitrogens with zero attached hydrogens (tertiary/aromatic N) is 1. The lowest BCUT2D eigenvalue weighted by molar-refractivity contribution is 0.0958. The SMILES string of the molecule is [2H]c1nc(C(=O)NC)c([2H])c([2H])c1[2H]. The van der Waals surface area contributed by atoms with Crippen LogP contribution in [0.25, 0.3) is 0 Å². The van der Waals surface area contributed by atoms with Crippen LogP contribution in [-0.4, -0.2) is 17.9 Å². The predicted molar refractivity (Wildman–Crippen MR) is 37.6 cm³/mol. The molecular weight excluding hydrogens is 128 g/mol. The van der Waals surface area contributed by atoms with Crippen LogP contribution in [-0.2, 0) is 0 Å². The minimum atomic E-state index is -0.628. The zero-order chi connectivity index (χ0) is 10.9. The van der Waals surface area contributed by atoms with Crippen LogP contribution in [0.1, 0.15) is 16.0 Å². The van der Waals surface area contributed by atoms with Crippen LogP contribution in [0.15, 0.2) is 24.3 Å². The van der Waals surface area contributed by atoms with Gasteiger partial charge < -0.3 is 5.32 Å². The number of pyridine rings is 1. The molecule has 0 aliphatic heterocycles. The Kier molecular flexibility index (Phi) is 0.931. The molecule has 1 N–H and O–H groups in total. The topological polar surface area (TPSA) is 42.0 Å². The van der Waals surface area contributed by atoms with Crippen molar-refractivity contribution in [3.63, 3.8) is 0 Å². The van der Waals surface area contributed by atoms with E-state index in [9.17, 15) is 4.79 Å². The average Bonchev–Trinajstić information content (AvgIpc) is 2.19. The van der Waals surface area contributed by atoms with E-state index in [1.165, 1.54) is 7.05 Å². The number of aromatic nitrogens is 1. The second kappa shape index (κ2) is 2.96. The fourth-order valence-corrected chi connectivity index (χ4v) is 0.456. The summed E-state index contributed by atoms with van der Waals surface area (Å²) in [6, 6.07) is -1.32. The average molecular weight is 140 g/mol. The highest BCUT2D eigenvalue weighted by Gasteiger charge is 1.99. The van der Waals surface area contributed by atoms with E-state index in [4.69, 9.17) is 5.48 Å². The summed E-state index contributed by atoms with van der Waals surface area (Å²) in [6.45, 7) is 0. The van der Waals surface area contributed by atoms with Gasteiger partial charge in [-0.15, -0.1) is 0 Å². The molecule has 1 aromatic rings. The number of hydrogen-bond acceptors (Lipinski definition) is 2. The Hall–Kier alpha value is -1.38. The number of amides is 1. The van der Waals surface area contributed by atoms with Crippen LogP contribution >= 0.6 is 0 Å². The Morgan fingerprint density at radius 1 is 1.80 bits per heavy atom. The van der Waals surface area contributed by atoms with E-state index < -0.39 is 30.2 Å². The first-order valence-electron chi connectivity index (χ1n) is 4.65. The molecule has 1 heterocycles. The van der Waals surface area contributed by atoms with Crippen LogP contribution in [0.4, 0.5) is 0 Å². The van der Waals surface area contributed by atoms with E-state index in [1.54, 1.807) is 0 Å². The van der Waals surface area contributed by atoms with Gasteiger partial charge >= 0.3 is 0 Å². The quantitative estimate of drug-likeness (QED) is 0.615. The van der Waals surface area contributed by atoms with E-state index in [2.05, 4.69) is 10.3 Å². The molecule has 0 saturated heterocycles. The maximum absolute atomic E-state index is 11.1. The van der Waals surface area contributed by atoms with Gasteiger partial charge in [0.2, 0.25) is 0 Å². The molecule has 0 bridgehead atoms. The molecule has 0 atom stereocenters. The number of rotatable bonds is 1. The first-order valence-corrected chi connectivity index (χ1v) is 2.65. The smallest absolute Gasteiger partial charge is 0.269 e. The van der Waals surface area contributed by atoms with Crippen molar-refractivity contribution < 1.29 is 10.3 Å². The highest BCUT2D eigenvalue weighted by Crippen LogP contribution is 1.90. The maximum atomic E-state index is 11.1. The standard InChI is InChI=1S/C7H8N2O/c1-8-7(10)6-4-2-3-5-9-6/h2-5H,1H3,(H,8,10)/i2D,3D,4D,5D. The third-order valence-corrected chi connectivity index (χ3v) is 0.909. The lowest BCUT2D eigenvalue weighted by Gasteiger charge is -1.94. The van der Waals surface area contributed by atoms with E-state index >= 15 is 0 Å². The van der Waals surface area contributed by atoms with Gasteiger partial charge in [-0.25, -0.2) is 0 Å². The summed E-state index contributed by atoms with van der Waals surface area (Å²) in [5.41, 5.74) is -0.293. The van der Waals surface area contributed by atoms with E-state index in [0.29, 0.717) is 0 Å². The van der Waals surface area contributed by atoms with Crippen LogP contribution < -0.4 is 5.32 Å². The van der Waals surface area contributed by atoms with Crippen molar-refractivity contribution >= 4 is 5.91 Å². The van der Waals surface area contributed by atoms with Crippen molar-refractivity contribution in [3.8, 4) is 0 Å². The molecule has 0 spiro atoms. The van der Waals surface area contributed by atoms with Crippen LogP contribution in [0, 0.1) is 0 Å². The van der Waals surface area contributed by atoms with Crippen LogP contribution in [0.2, 0.25) is 0 Å². The molecule has 0 fully saturated rings. The second-order valence-electron chi connectivity index (χ2n) is 1.53. The fraction of sp³-hybridized carbons (Fsp3) is 0.143. The van der Waals surface area contributed by atoms with Gasteiger partial charge in [0.1, 0.15) is 5.69 Å². The minimum Gasteiger partial charge on any atom is -0.354 e. The zero-order valence-electron chi connectivity index (χ0n) is 9.36. The van der Waals surface area contributed by atoms with Crippen molar-refractivity contribution in [1.29, 1.82) is 0 Å². The van der Waals surface area contributed by atoms with Crippen LogP contribution in [0.3, 0.4) is 0 Å². The summed E-state index contributed by atoms with van der Waals surface area (Å²) in [6.07, 6.45) is -0.468. The molecule has 0 radical (unpaired) electrons. The Balaban J connectivity index is 3.40. The molecule has 0 unspecified atom stereocenters. The molecular formula is C7H8N2O. The van der Waals surface area contributed by atoms with E-state index in [1.807, 2.05) is 0 Å². The largest absolute Gasteiger partial charge is 0.354 e. The fourth-order valence-electron chi connectivity index (χ4n) is 0.456. The van der Waals surface area contributed by atoms with Crippen molar-refractivity contribution in [2.24, 2.45) is 0 Å². The van der Waals surface area contributed by atoms with Gasteiger partial charge in [-0.2, -0.15) is 0 Å². The summed E-state index contributed by atoms with van der Waals surface area (Å²) in [4.78, 5) is 14.6. The molecule has 3 nitrogen and oxygen atoms in total. The lowest BCUT2D eigenvalue weighted by atomic mass is 10.3. The summed E-state index contributed by atoms with van der Waals surface area (Å²) >= 11 is 0. The normalized spacial score (nSPS) is 14.5.